The molecule has 8 aromatic rings. The molecule has 9 rings (SSSR count). The molecule has 0 N–H and O–H groups in total. The van der Waals surface area contributed by atoms with Crippen molar-refractivity contribution in [2.75, 3.05) is 0 Å². The van der Waals surface area contributed by atoms with Crippen LogP contribution in [0.15, 0.2) is 127 Å². The third-order valence-corrected chi connectivity index (χ3v) is 10.3. The van der Waals surface area contributed by atoms with E-state index in [4.69, 9.17) is 9.97 Å². The molecule has 3 heteroatoms. The standard InChI is InChI=1S/C46H33N2.Au/c1-28-24-29(2)38-26-37(28)36-19-11-18-34-35-20-12-21-41(45(35)48-44(34)36)46(32-14-7-5-8-15-32,33-16-9-6-10-17-33)43-23-13-22-42(47-43)40-27-39(38)30(3)25-31(40)4;/h5-25H,1-4H3;/q-3;+3. The monoisotopic (exact) mass is 810 g/mol. The maximum atomic E-state index is 5.61. The van der Waals surface area contributed by atoms with Gasteiger partial charge in [-0.3, -0.25) is 4.98 Å². The molecule has 0 aliphatic carbocycles. The van der Waals surface area contributed by atoms with Crippen molar-refractivity contribution in [2.45, 2.75) is 33.1 Å². The van der Waals surface area contributed by atoms with Crippen LogP contribution in [0.25, 0.3) is 55.3 Å². The van der Waals surface area contributed by atoms with Gasteiger partial charge >= 0.3 is 22.4 Å². The van der Waals surface area contributed by atoms with Gasteiger partial charge in [0.1, 0.15) is 0 Å². The van der Waals surface area contributed by atoms with E-state index in [1.54, 1.807) is 0 Å². The molecule has 0 unspecified atom stereocenters. The third-order valence-electron chi connectivity index (χ3n) is 10.3. The molecule has 6 aromatic carbocycles. The van der Waals surface area contributed by atoms with E-state index in [1.807, 2.05) is 0 Å². The normalized spacial score (nSPS) is 12.9. The average molecular weight is 811 g/mol. The molecule has 0 atom stereocenters. The van der Waals surface area contributed by atoms with Crippen LogP contribution in [0.4, 0.5) is 0 Å². The topological polar surface area (TPSA) is 27.0 Å². The molecule has 1 aliphatic rings. The van der Waals surface area contributed by atoms with Crippen LogP contribution in [0.1, 0.15) is 44.6 Å². The number of aryl methyl sites for hydroxylation is 4. The Morgan fingerprint density at radius 2 is 1.04 bits per heavy atom. The second-order valence-electron chi connectivity index (χ2n) is 13.2. The smallest absolute Gasteiger partial charge is 0.663 e. The van der Waals surface area contributed by atoms with Gasteiger partial charge in [0.2, 0.25) is 0 Å². The first-order valence-electron chi connectivity index (χ1n) is 16.6. The third kappa shape index (κ3) is 4.63. The maximum absolute atomic E-state index is 5.61. The van der Waals surface area contributed by atoms with Crippen molar-refractivity contribution < 1.29 is 22.4 Å². The number of hydrogen-bond donors (Lipinski definition) is 0. The predicted molar refractivity (Wildman–Crippen MR) is 197 cm³/mol. The first kappa shape index (κ1) is 31.3. The van der Waals surface area contributed by atoms with E-state index in [0.29, 0.717) is 0 Å². The van der Waals surface area contributed by atoms with Crippen molar-refractivity contribution in [3.8, 4) is 33.5 Å². The number of hydrogen-bond acceptors (Lipinski definition) is 1. The van der Waals surface area contributed by atoms with E-state index in [-0.39, 0.29) is 22.4 Å². The zero-order chi connectivity index (χ0) is 32.6. The average Bonchev–Trinajstić information content (AvgIpc) is 3.50. The van der Waals surface area contributed by atoms with E-state index in [2.05, 4.69) is 167 Å². The van der Waals surface area contributed by atoms with Gasteiger partial charge in [0.15, 0.2) is 0 Å². The molecule has 1 aliphatic heterocycles. The Morgan fingerprint density at radius 3 is 1.69 bits per heavy atom. The summed E-state index contributed by atoms with van der Waals surface area (Å²) in [4.78, 5) is 11.2. The SMILES string of the molecule is Cc1cc(C)c2[c-]c1-c1cccc(n1)C(c1ccccc1)(c1ccccc1)c1cccc3c1[n-]c1c(cccc13)-c1[c-]c-2c(C)cc1C.[Au+3]. The fraction of sp³-hybridized carbons (Fsp3) is 0.109. The number of nitrogens with zero attached hydrogens (tertiary/aromatic N) is 2. The van der Waals surface area contributed by atoms with Crippen LogP contribution >= 0.6 is 0 Å². The summed E-state index contributed by atoms with van der Waals surface area (Å²) in [5, 5.41) is 2.28. The van der Waals surface area contributed by atoms with E-state index in [9.17, 15) is 0 Å². The van der Waals surface area contributed by atoms with Crippen molar-refractivity contribution in [1.82, 2.24) is 9.97 Å². The zero-order valence-corrected chi connectivity index (χ0v) is 30.0. The summed E-state index contributed by atoms with van der Waals surface area (Å²) in [7, 11) is 0. The van der Waals surface area contributed by atoms with E-state index >= 15 is 0 Å². The van der Waals surface area contributed by atoms with E-state index in [0.717, 1.165) is 83.3 Å². The largest absolute Gasteiger partial charge is 3.00 e. The van der Waals surface area contributed by atoms with Gasteiger partial charge in [0.05, 0.1) is 11.1 Å². The summed E-state index contributed by atoms with van der Waals surface area (Å²) in [6.07, 6.45) is 0. The Hall–Kier alpha value is -4.99. The first-order valence-corrected chi connectivity index (χ1v) is 16.6. The number of aromatic nitrogens is 2. The van der Waals surface area contributed by atoms with Gasteiger partial charge in [-0.25, -0.2) is 0 Å². The van der Waals surface area contributed by atoms with Crippen molar-refractivity contribution in [3.05, 3.63) is 184 Å². The second kappa shape index (κ2) is 11.9. The van der Waals surface area contributed by atoms with Gasteiger partial charge in [-0.2, -0.15) is 28.8 Å². The summed E-state index contributed by atoms with van der Waals surface area (Å²) in [6, 6.07) is 53.6. The molecule has 2 aromatic heterocycles. The van der Waals surface area contributed by atoms with Crippen LogP contribution in [0.3, 0.4) is 0 Å². The van der Waals surface area contributed by atoms with Crippen molar-refractivity contribution in [1.29, 1.82) is 0 Å². The number of rotatable bonds is 2. The fourth-order valence-electron chi connectivity index (χ4n) is 8.10. The molecule has 2 nitrogen and oxygen atoms in total. The number of pyridine rings is 1. The Labute approximate surface area is 303 Å². The molecule has 0 amide bonds. The predicted octanol–water partition coefficient (Wildman–Crippen LogP) is 10.9. The second-order valence-corrected chi connectivity index (χ2v) is 13.2. The maximum Gasteiger partial charge on any atom is 3.00 e. The van der Waals surface area contributed by atoms with Crippen LogP contribution in [-0.2, 0) is 27.8 Å². The van der Waals surface area contributed by atoms with E-state index < -0.39 is 5.41 Å². The molecule has 238 valence electrons. The molecule has 49 heavy (non-hydrogen) atoms. The Kier molecular flexibility index (Phi) is 7.57. The van der Waals surface area contributed by atoms with Gasteiger partial charge in [0.25, 0.3) is 0 Å². The summed E-state index contributed by atoms with van der Waals surface area (Å²) < 4.78 is 0. The first-order chi connectivity index (χ1) is 23.4. The summed E-state index contributed by atoms with van der Waals surface area (Å²) in [5.41, 5.74) is 16.4. The minimum absolute atomic E-state index is 0. The minimum atomic E-state index is -0.757. The molecule has 0 spiro atoms. The van der Waals surface area contributed by atoms with Crippen LogP contribution in [0.5, 0.6) is 0 Å². The number of fused-ring (bicyclic) bond motifs is 10. The van der Waals surface area contributed by atoms with Crippen LogP contribution < -0.4 is 4.98 Å². The van der Waals surface area contributed by atoms with Gasteiger partial charge in [-0.1, -0.05) is 142 Å². The van der Waals surface area contributed by atoms with Gasteiger partial charge in [-0.15, -0.1) is 51.0 Å². The molecule has 8 bridgehead atoms. The molecule has 0 fully saturated rings. The quantitative estimate of drug-likeness (QED) is 0.128. The van der Waals surface area contributed by atoms with Crippen molar-refractivity contribution in [3.63, 3.8) is 0 Å². The summed E-state index contributed by atoms with van der Waals surface area (Å²) in [6.45, 7) is 8.71. The van der Waals surface area contributed by atoms with Crippen LogP contribution in [0, 0.1) is 39.8 Å². The van der Waals surface area contributed by atoms with Gasteiger partial charge in [-0.05, 0) is 33.5 Å². The Morgan fingerprint density at radius 1 is 0.510 bits per heavy atom. The molecule has 3 heterocycles. The molecule has 0 radical (unpaired) electrons. The summed E-state index contributed by atoms with van der Waals surface area (Å²) >= 11 is 0. The zero-order valence-electron chi connectivity index (χ0n) is 27.8. The molecule has 0 saturated heterocycles. The van der Waals surface area contributed by atoms with Gasteiger partial charge < -0.3 is 4.98 Å². The number of para-hydroxylation sites is 2. The fourth-order valence-corrected chi connectivity index (χ4v) is 8.10. The molecular formula is C46H33AuN2. The van der Waals surface area contributed by atoms with Gasteiger partial charge in [0, 0.05) is 5.69 Å². The number of benzene rings is 6. The van der Waals surface area contributed by atoms with Crippen LogP contribution in [0.2, 0.25) is 0 Å². The van der Waals surface area contributed by atoms with Crippen molar-refractivity contribution in [2.24, 2.45) is 0 Å². The Balaban J connectivity index is 0.00000348. The van der Waals surface area contributed by atoms with E-state index in [1.165, 1.54) is 16.7 Å². The molecule has 0 saturated carbocycles. The molecular weight excluding hydrogens is 777 g/mol. The summed E-state index contributed by atoms with van der Waals surface area (Å²) in [5.74, 6) is 0. The van der Waals surface area contributed by atoms with Crippen molar-refractivity contribution >= 4 is 21.8 Å². The minimum Gasteiger partial charge on any atom is -0.663 e. The Bertz CT molecular complexity index is 2500. The van der Waals surface area contributed by atoms with Crippen LogP contribution in [-0.4, -0.2) is 4.98 Å².